The minimum atomic E-state index is -2.83. The van der Waals surface area contributed by atoms with Gasteiger partial charge in [0.15, 0.2) is 0 Å². The fourth-order valence-corrected chi connectivity index (χ4v) is 0.535. The summed E-state index contributed by atoms with van der Waals surface area (Å²) in [4.78, 5) is 10.4. The van der Waals surface area contributed by atoms with E-state index in [-0.39, 0.29) is 5.57 Å². The van der Waals surface area contributed by atoms with Crippen molar-refractivity contribution in [2.75, 3.05) is 0 Å². The number of hydrogen-bond donors (Lipinski definition) is 2. The van der Waals surface area contributed by atoms with Crippen LogP contribution in [0.25, 0.3) is 0 Å². The molecule has 4 nitrogen and oxygen atoms in total. The van der Waals surface area contributed by atoms with E-state index in [1.165, 1.54) is 6.92 Å². The number of thiol groups is 1. The van der Waals surface area contributed by atoms with E-state index in [1.807, 2.05) is 0 Å². The minimum absolute atomic E-state index is 0.175. The molecule has 0 fully saturated rings. The predicted octanol–water partition coefficient (Wildman–Crippen LogP) is -0.795. The molecule has 52 valence electrons. The van der Waals surface area contributed by atoms with E-state index in [9.17, 15) is 13.2 Å². The number of nitrogens with one attached hydrogen (secondary N) is 1. The summed E-state index contributed by atoms with van der Waals surface area (Å²) in [5.41, 5.74) is 0.175. The molecule has 0 aromatic heterocycles. The van der Waals surface area contributed by atoms with Gasteiger partial charge in [-0.2, -0.15) is 0 Å². The molecule has 0 unspecified atom stereocenters. The zero-order chi connectivity index (χ0) is 7.44. The Balaban J connectivity index is 3.94. The van der Waals surface area contributed by atoms with Crippen molar-refractivity contribution in [2.45, 2.75) is 6.92 Å². The molecule has 1 amide bonds. The SMILES string of the molecule is C=C(C)C(=O)N[SH](=O)=O. The highest BCUT2D eigenvalue weighted by atomic mass is 32.2. The summed E-state index contributed by atoms with van der Waals surface area (Å²) in [5.74, 6) is -0.661. The molecule has 0 atom stereocenters. The van der Waals surface area contributed by atoms with E-state index in [4.69, 9.17) is 0 Å². The van der Waals surface area contributed by atoms with E-state index >= 15 is 0 Å². The normalized spacial score (nSPS) is 9.11. The Morgan fingerprint density at radius 2 is 2.00 bits per heavy atom. The van der Waals surface area contributed by atoms with Crippen LogP contribution in [0.1, 0.15) is 6.92 Å². The van der Waals surface area contributed by atoms with Crippen LogP contribution in [0.5, 0.6) is 0 Å². The van der Waals surface area contributed by atoms with Gasteiger partial charge in [-0.25, -0.2) is 8.42 Å². The molecule has 5 heteroatoms. The number of amides is 1. The van der Waals surface area contributed by atoms with Crippen LogP contribution in [0.4, 0.5) is 0 Å². The van der Waals surface area contributed by atoms with Crippen LogP contribution in [-0.2, 0) is 15.7 Å². The summed E-state index contributed by atoms with van der Waals surface area (Å²) in [7, 11) is -2.83. The second-order valence-electron chi connectivity index (χ2n) is 1.48. The smallest absolute Gasteiger partial charge is 0.259 e. The minimum Gasteiger partial charge on any atom is -0.269 e. The molecule has 0 aliphatic rings. The van der Waals surface area contributed by atoms with Gasteiger partial charge in [0, 0.05) is 5.57 Å². The summed E-state index contributed by atoms with van der Waals surface area (Å²) in [5, 5.41) is 0. The maximum absolute atomic E-state index is 10.4. The van der Waals surface area contributed by atoms with E-state index in [0.717, 1.165) is 0 Å². The predicted molar refractivity (Wildman–Crippen MR) is 33.3 cm³/mol. The van der Waals surface area contributed by atoms with Gasteiger partial charge in [0.25, 0.3) is 5.91 Å². The van der Waals surface area contributed by atoms with Crippen LogP contribution < -0.4 is 4.72 Å². The topological polar surface area (TPSA) is 63.2 Å². The lowest BCUT2D eigenvalue weighted by Gasteiger charge is -1.92. The lowest BCUT2D eigenvalue weighted by atomic mass is 10.3. The zero-order valence-corrected chi connectivity index (χ0v) is 5.77. The van der Waals surface area contributed by atoms with Gasteiger partial charge in [-0.1, -0.05) is 6.58 Å². The molecule has 0 bridgehead atoms. The Labute approximate surface area is 54.6 Å². The van der Waals surface area contributed by atoms with Gasteiger partial charge in [-0.05, 0) is 6.92 Å². The lowest BCUT2D eigenvalue weighted by molar-refractivity contribution is -0.115. The number of rotatable bonds is 2. The molecule has 0 saturated heterocycles. The van der Waals surface area contributed by atoms with Gasteiger partial charge in [0.05, 0.1) is 0 Å². The van der Waals surface area contributed by atoms with Gasteiger partial charge in [-0.3, -0.25) is 9.52 Å². The van der Waals surface area contributed by atoms with E-state index < -0.39 is 16.8 Å². The van der Waals surface area contributed by atoms with Gasteiger partial charge in [0.2, 0.25) is 10.9 Å². The van der Waals surface area contributed by atoms with Crippen molar-refractivity contribution in [3.63, 3.8) is 0 Å². The van der Waals surface area contributed by atoms with Crippen LogP contribution in [0.3, 0.4) is 0 Å². The number of carbonyl (C=O) groups is 1. The molecule has 9 heavy (non-hydrogen) atoms. The Morgan fingerprint density at radius 1 is 1.56 bits per heavy atom. The summed E-state index contributed by atoms with van der Waals surface area (Å²) >= 11 is 0. The van der Waals surface area contributed by atoms with Crippen molar-refractivity contribution in [1.29, 1.82) is 0 Å². The third-order valence-corrected chi connectivity index (χ3v) is 0.966. The van der Waals surface area contributed by atoms with Crippen LogP contribution in [-0.4, -0.2) is 14.3 Å². The van der Waals surface area contributed by atoms with E-state index in [2.05, 4.69) is 6.58 Å². The molecule has 0 aromatic carbocycles. The van der Waals surface area contributed by atoms with Gasteiger partial charge in [-0.15, -0.1) is 0 Å². The van der Waals surface area contributed by atoms with E-state index in [0.29, 0.717) is 0 Å². The Morgan fingerprint density at radius 3 is 2.11 bits per heavy atom. The second-order valence-corrected chi connectivity index (χ2v) is 2.22. The molecule has 0 aliphatic heterocycles. The molecule has 1 N–H and O–H groups in total. The Kier molecular flexibility index (Phi) is 2.94. The van der Waals surface area contributed by atoms with Crippen LogP contribution in [0.15, 0.2) is 12.2 Å². The molecule has 0 heterocycles. The summed E-state index contributed by atoms with van der Waals surface area (Å²) < 4.78 is 21.2. The molecule has 0 radical (unpaired) electrons. The van der Waals surface area contributed by atoms with Crippen molar-refractivity contribution in [3.8, 4) is 0 Å². The Hall–Kier alpha value is -0.840. The van der Waals surface area contributed by atoms with Crippen molar-refractivity contribution < 1.29 is 13.2 Å². The van der Waals surface area contributed by atoms with Gasteiger partial charge < -0.3 is 0 Å². The fraction of sp³-hybridized carbons (Fsp3) is 0.250. The molecular weight excluding hydrogens is 142 g/mol. The maximum Gasteiger partial charge on any atom is 0.259 e. The highest BCUT2D eigenvalue weighted by Crippen LogP contribution is 1.83. The third-order valence-electron chi connectivity index (χ3n) is 0.580. The van der Waals surface area contributed by atoms with Crippen molar-refractivity contribution >= 4 is 16.8 Å². The van der Waals surface area contributed by atoms with Crippen molar-refractivity contribution in [1.82, 2.24) is 4.72 Å². The summed E-state index contributed by atoms with van der Waals surface area (Å²) in [6.45, 7) is 4.65. The van der Waals surface area contributed by atoms with Crippen molar-refractivity contribution in [2.24, 2.45) is 0 Å². The Bertz CT molecular complexity index is 198. The first-order chi connectivity index (χ1) is 4.04. The quantitative estimate of drug-likeness (QED) is 0.399. The molecule has 0 rings (SSSR count). The molecule has 0 spiro atoms. The fourth-order valence-electron chi connectivity index (χ4n) is 0.178. The molecule has 0 aliphatic carbocycles. The monoisotopic (exact) mass is 149 g/mol. The first kappa shape index (κ1) is 8.16. The zero-order valence-electron chi connectivity index (χ0n) is 4.88. The summed E-state index contributed by atoms with van der Waals surface area (Å²) in [6.07, 6.45) is 0. The average Bonchev–Trinajstić information content (AvgIpc) is 1.63. The number of hydrogen-bond acceptors (Lipinski definition) is 3. The van der Waals surface area contributed by atoms with Crippen LogP contribution in [0.2, 0.25) is 0 Å². The first-order valence-corrected chi connectivity index (χ1v) is 3.32. The molecule has 0 saturated carbocycles. The highest BCUT2D eigenvalue weighted by Gasteiger charge is 1.98. The average molecular weight is 149 g/mol. The van der Waals surface area contributed by atoms with Gasteiger partial charge >= 0.3 is 0 Å². The highest BCUT2D eigenvalue weighted by molar-refractivity contribution is 7.71. The molecule has 0 aromatic rings. The maximum atomic E-state index is 10.4. The molecular formula is C4H7NO3S. The number of carbonyl (C=O) groups excluding carboxylic acids is 1. The van der Waals surface area contributed by atoms with Gasteiger partial charge in [0.1, 0.15) is 0 Å². The lowest BCUT2D eigenvalue weighted by Crippen LogP contribution is -2.21. The van der Waals surface area contributed by atoms with Crippen molar-refractivity contribution in [3.05, 3.63) is 12.2 Å². The standard InChI is InChI=1S/C4H7NO3S/c1-3(2)4(6)5-9(7)8/h9H,1H2,2H3,(H,5,6,7,8). The largest absolute Gasteiger partial charge is 0.269 e. The van der Waals surface area contributed by atoms with Crippen LogP contribution >= 0.6 is 0 Å². The van der Waals surface area contributed by atoms with Crippen LogP contribution in [0, 0.1) is 0 Å². The summed E-state index contributed by atoms with van der Waals surface area (Å²) in [6, 6.07) is 0. The third kappa shape index (κ3) is 3.72. The van der Waals surface area contributed by atoms with E-state index in [1.54, 1.807) is 4.72 Å². The second kappa shape index (κ2) is 3.24. The first-order valence-electron chi connectivity index (χ1n) is 2.15.